The van der Waals surface area contributed by atoms with Crippen LogP contribution < -0.4 is 0 Å². The number of hydrogen-bond acceptors (Lipinski definition) is 4. The van der Waals surface area contributed by atoms with Crippen molar-refractivity contribution in [3.05, 3.63) is 75.8 Å². The summed E-state index contributed by atoms with van der Waals surface area (Å²) < 4.78 is 0. The Morgan fingerprint density at radius 3 is 2.37 bits per heavy atom. The molecule has 0 bridgehead atoms. The molecule has 0 unspecified atom stereocenters. The summed E-state index contributed by atoms with van der Waals surface area (Å²) in [6.07, 6.45) is -0.840. The van der Waals surface area contributed by atoms with Gasteiger partial charge in [0.2, 0.25) is 0 Å². The zero-order valence-corrected chi connectivity index (χ0v) is 15.8. The zero-order valence-electron chi connectivity index (χ0n) is 15.0. The van der Waals surface area contributed by atoms with Crippen molar-refractivity contribution in [3.8, 4) is 0 Å². The molecule has 5 nitrogen and oxygen atoms in total. The van der Waals surface area contributed by atoms with Gasteiger partial charge >= 0.3 is 0 Å². The molecule has 2 N–H and O–H groups in total. The standard InChI is InChI=1S/C21H20ClNO4/c1-12-7-9-14(10-8-12)19(25)17-18(15-5-3-4-6-16(15)22)23(11-13(2)24)21(27)20(17)26/h3-10,13,18,24-25H,11H2,1-2H3/t13-,18+/m1/s1. The minimum atomic E-state index is -0.866. The molecule has 1 fully saturated rings. The van der Waals surface area contributed by atoms with Crippen LogP contribution in [0.3, 0.4) is 0 Å². The molecule has 1 amide bonds. The third-order valence-corrected chi connectivity index (χ3v) is 4.87. The van der Waals surface area contributed by atoms with E-state index in [-0.39, 0.29) is 17.9 Å². The van der Waals surface area contributed by atoms with E-state index in [1.807, 2.05) is 19.1 Å². The number of aliphatic hydroxyl groups is 2. The van der Waals surface area contributed by atoms with E-state index in [0.29, 0.717) is 16.1 Å². The van der Waals surface area contributed by atoms with Crippen LogP contribution in [0, 0.1) is 6.92 Å². The summed E-state index contributed by atoms with van der Waals surface area (Å²) in [7, 11) is 0. The van der Waals surface area contributed by atoms with Crippen LogP contribution in [0.5, 0.6) is 0 Å². The molecule has 1 saturated heterocycles. The summed E-state index contributed by atoms with van der Waals surface area (Å²) >= 11 is 6.32. The molecule has 2 aromatic carbocycles. The number of hydrogen-bond donors (Lipinski definition) is 2. The van der Waals surface area contributed by atoms with E-state index in [4.69, 9.17) is 11.6 Å². The highest BCUT2D eigenvalue weighted by Crippen LogP contribution is 2.41. The summed E-state index contributed by atoms with van der Waals surface area (Å²) in [6, 6.07) is 13.0. The van der Waals surface area contributed by atoms with Gasteiger partial charge in [-0.15, -0.1) is 0 Å². The Balaban J connectivity index is 2.21. The smallest absolute Gasteiger partial charge is 0.295 e. The molecule has 0 spiro atoms. The normalized spacial score (nSPS) is 20.1. The van der Waals surface area contributed by atoms with Crippen LogP contribution in [0.4, 0.5) is 0 Å². The summed E-state index contributed by atoms with van der Waals surface area (Å²) in [5.74, 6) is -1.82. The quantitative estimate of drug-likeness (QED) is 0.480. The van der Waals surface area contributed by atoms with Gasteiger partial charge in [0.1, 0.15) is 5.76 Å². The van der Waals surface area contributed by atoms with E-state index in [9.17, 15) is 19.8 Å². The van der Waals surface area contributed by atoms with Crippen molar-refractivity contribution in [3.63, 3.8) is 0 Å². The first-order valence-electron chi connectivity index (χ1n) is 8.59. The Kier molecular flexibility index (Phi) is 5.35. The lowest BCUT2D eigenvalue weighted by atomic mass is 9.95. The number of aliphatic hydroxyl groups excluding tert-OH is 2. The Bertz CT molecular complexity index is 918. The number of ketones is 1. The van der Waals surface area contributed by atoms with Crippen LogP contribution in [0.15, 0.2) is 54.1 Å². The summed E-state index contributed by atoms with van der Waals surface area (Å²) in [5, 5.41) is 21.0. The largest absolute Gasteiger partial charge is 0.507 e. The minimum Gasteiger partial charge on any atom is -0.507 e. The highest BCUT2D eigenvalue weighted by Gasteiger charge is 2.46. The molecule has 0 radical (unpaired) electrons. The first-order chi connectivity index (χ1) is 12.8. The average Bonchev–Trinajstić information content (AvgIpc) is 2.86. The van der Waals surface area contributed by atoms with Crippen LogP contribution in [0.1, 0.15) is 29.7 Å². The van der Waals surface area contributed by atoms with E-state index < -0.39 is 23.8 Å². The fraction of sp³-hybridized carbons (Fsp3) is 0.238. The SMILES string of the molecule is Cc1ccc(C(O)=C2C(=O)C(=O)N(C[C@@H](C)O)[C@H]2c2ccccc2Cl)cc1. The monoisotopic (exact) mass is 385 g/mol. The molecule has 0 saturated carbocycles. The van der Waals surface area contributed by atoms with Crippen molar-refractivity contribution in [2.75, 3.05) is 6.54 Å². The van der Waals surface area contributed by atoms with Gasteiger partial charge < -0.3 is 15.1 Å². The number of aryl methyl sites for hydroxylation is 1. The number of likely N-dealkylation sites (tertiary alicyclic amines) is 1. The number of amides is 1. The molecule has 0 aromatic heterocycles. The van der Waals surface area contributed by atoms with Crippen molar-refractivity contribution in [2.24, 2.45) is 0 Å². The number of halogens is 1. The second kappa shape index (κ2) is 7.55. The molecule has 27 heavy (non-hydrogen) atoms. The van der Waals surface area contributed by atoms with Crippen molar-refractivity contribution in [2.45, 2.75) is 26.0 Å². The van der Waals surface area contributed by atoms with E-state index in [2.05, 4.69) is 0 Å². The average molecular weight is 386 g/mol. The van der Waals surface area contributed by atoms with Gasteiger partial charge in [-0.3, -0.25) is 9.59 Å². The molecule has 2 aromatic rings. The summed E-state index contributed by atoms with van der Waals surface area (Å²) in [4.78, 5) is 26.6. The number of carbonyl (C=O) groups excluding carboxylic acids is 2. The van der Waals surface area contributed by atoms with Gasteiger partial charge in [0.25, 0.3) is 11.7 Å². The summed E-state index contributed by atoms with van der Waals surface area (Å²) in [5.41, 5.74) is 1.93. The molecule has 6 heteroatoms. The fourth-order valence-electron chi connectivity index (χ4n) is 3.24. The van der Waals surface area contributed by atoms with Gasteiger partial charge in [0, 0.05) is 17.1 Å². The second-order valence-corrected chi connectivity index (χ2v) is 7.10. The molecule has 0 aliphatic carbocycles. The summed E-state index contributed by atoms with van der Waals surface area (Å²) in [6.45, 7) is 3.39. The first-order valence-corrected chi connectivity index (χ1v) is 8.97. The zero-order chi connectivity index (χ0) is 19.7. The maximum absolute atomic E-state index is 12.7. The highest BCUT2D eigenvalue weighted by molar-refractivity contribution is 6.47. The molecule has 140 valence electrons. The van der Waals surface area contributed by atoms with Crippen molar-refractivity contribution in [1.82, 2.24) is 4.90 Å². The predicted molar refractivity (Wildman–Crippen MR) is 103 cm³/mol. The van der Waals surface area contributed by atoms with Crippen LogP contribution >= 0.6 is 11.6 Å². The lowest BCUT2D eigenvalue weighted by Crippen LogP contribution is -2.35. The Morgan fingerprint density at radius 1 is 1.15 bits per heavy atom. The van der Waals surface area contributed by atoms with Gasteiger partial charge in [-0.25, -0.2) is 0 Å². The number of nitrogens with zero attached hydrogens (tertiary/aromatic N) is 1. The van der Waals surface area contributed by atoms with Gasteiger partial charge in [-0.2, -0.15) is 0 Å². The van der Waals surface area contributed by atoms with E-state index >= 15 is 0 Å². The van der Waals surface area contributed by atoms with Gasteiger partial charge in [0.05, 0.1) is 17.7 Å². The number of carbonyl (C=O) groups is 2. The molecule has 1 aliphatic rings. The predicted octanol–water partition coefficient (Wildman–Crippen LogP) is 3.45. The fourth-order valence-corrected chi connectivity index (χ4v) is 3.48. The molecule has 1 heterocycles. The molecule has 3 rings (SSSR count). The number of rotatable bonds is 4. The number of benzene rings is 2. The maximum atomic E-state index is 12.7. The van der Waals surface area contributed by atoms with Crippen LogP contribution in [0.25, 0.3) is 5.76 Å². The first kappa shape index (κ1) is 19.1. The number of β-amino-alcohol motifs (C(OH)–C–C–N with tert-alkyl or cyclic N) is 1. The van der Waals surface area contributed by atoms with Crippen molar-refractivity contribution >= 4 is 29.1 Å². The second-order valence-electron chi connectivity index (χ2n) is 6.69. The van der Waals surface area contributed by atoms with E-state index in [1.54, 1.807) is 36.4 Å². The van der Waals surface area contributed by atoms with Crippen LogP contribution in [-0.4, -0.2) is 39.5 Å². The Morgan fingerprint density at radius 2 is 1.78 bits per heavy atom. The van der Waals surface area contributed by atoms with Gasteiger partial charge in [-0.05, 0) is 25.5 Å². The lowest BCUT2D eigenvalue weighted by molar-refractivity contribution is -0.140. The van der Waals surface area contributed by atoms with Crippen molar-refractivity contribution in [1.29, 1.82) is 0 Å². The lowest BCUT2D eigenvalue weighted by Gasteiger charge is -2.27. The van der Waals surface area contributed by atoms with Gasteiger partial charge in [-0.1, -0.05) is 59.6 Å². The number of Topliss-reactive ketones (excluding diaryl/α,β-unsaturated/α-hetero) is 1. The molecule has 1 aliphatic heterocycles. The third-order valence-electron chi connectivity index (χ3n) is 4.53. The Hall–Kier alpha value is -2.63. The molecular weight excluding hydrogens is 366 g/mol. The van der Waals surface area contributed by atoms with Gasteiger partial charge in [0.15, 0.2) is 0 Å². The van der Waals surface area contributed by atoms with Crippen LogP contribution in [0.2, 0.25) is 5.02 Å². The van der Waals surface area contributed by atoms with Crippen LogP contribution in [-0.2, 0) is 9.59 Å². The highest BCUT2D eigenvalue weighted by atomic mass is 35.5. The molecular formula is C21H20ClNO4. The van der Waals surface area contributed by atoms with Crippen molar-refractivity contribution < 1.29 is 19.8 Å². The topological polar surface area (TPSA) is 77.8 Å². The minimum absolute atomic E-state index is 0.0300. The third kappa shape index (κ3) is 3.61. The van der Waals surface area contributed by atoms with E-state index in [0.717, 1.165) is 5.56 Å². The Labute approximate surface area is 162 Å². The molecule has 2 atom stereocenters. The van der Waals surface area contributed by atoms with E-state index in [1.165, 1.54) is 11.8 Å². The maximum Gasteiger partial charge on any atom is 0.295 e.